The van der Waals surface area contributed by atoms with Gasteiger partial charge in [0.2, 0.25) is 0 Å². The van der Waals surface area contributed by atoms with Crippen molar-refractivity contribution in [3.63, 3.8) is 0 Å². The third-order valence-corrected chi connectivity index (χ3v) is 6.48. The fraction of sp³-hybridized carbons (Fsp3) is 0.304. The maximum absolute atomic E-state index is 12.6. The number of benzene rings is 1. The summed E-state index contributed by atoms with van der Waals surface area (Å²) in [6, 6.07) is 10.5. The van der Waals surface area contributed by atoms with Crippen LogP contribution >= 0.6 is 23.2 Å². The largest absolute Gasteiger partial charge is 0.377 e. The minimum absolute atomic E-state index is 0.0539. The quantitative estimate of drug-likeness (QED) is 0.531. The van der Waals surface area contributed by atoms with Gasteiger partial charge in [0.05, 0.1) is 11.6 Å². The number of aryl methyl sites for hydroxylation is 1. The summed E-state index contributed by atoms with van der Waals surface area (Å²) in [5.41, 5.74) is 1.22. The van der Waals surface area contributed by atoms with Crippen LogP contribution in [0.3, 0.4) is 0 Å². The van der Waals surface area contributed by atoms with Crippen molar-refractivity contribution < 1.29 is 14.4 Å². The number of aromatic nitrogens is 2. The molecule has 2 aromatic heterocycles. The fourth-order valence-electron chi connectivity index (χ4n) is 3.80. The Bertz CT molecular complexity index is 1230. The van der Waals surface area contributed by atoms with E-state index in [0.29, 0.717) is 39.7 Å². The highest BCUT2D eigenvalue weighted by atomic mass is 35.5. The first-order valence-electron chi connectivity index (χ1n) is 10.0. The maximum Gasteiger partial charge on any atom is 0.273 e. The lowest BCUT2D eigenvalue weighted by atomic mass is 9.74. The van der Waals surface area contributed by atoms with Crippen LogP contribution in [0.1, 0.15) is 64.2 Å². The Morgan fingerprint density at radius 2 is 2.06 bits per heavy atom. The maximum atomic E-state index is 12.6. The number of nitrogens with zero attached hydrogens (tertiary/aromatic N) is 3. The number of pyridine rings is 1. The molecule has 1 aliphatic carbocycles. The molecule has 4 rings (SSSR count). The summed E-state index contributed by atoms with van der Waals surface area (Å²) in [6.07, 6.45) is 2.84. The minimum atomic E-state index is -1.53. The third kappa shape index (κ3) is 4.22. The van der Waals surface area contributed by atoms with E-state index >= 15 is 0 Å². The molecule has 1 aliphatic rings. The molecule has 3 aromatic rings. The van der Waals surface area contributed by atoms with Crippen LogP contribution in [0, 0.1) is 18.3 Å². The Hall–Kier alpha value is -2.92. The monoisotopic (exact) mass is 470 g/mol. The van der Waals surface area contributed by atoms with Crippen molar-refractivity contribution >= 4 is 29.1 Å². The summed E-state index contributed by atoms with van der Waals surface area (Å²) in [4.78, 5) is 16.7. The highest BCUT2D eigenvalue weighted by molar-refractivity contribution is 6.30. The molecule has 0 radical (unpaired) electrons. The van der Waals surface area contributed by atoms with Crippen LogP contribution in [0.15, 0.2) is 41.1 Å². The van der Waals surface area contributed by atoms with Crippen LogP contribution < -0.4 is 5.32 Å². The average Bonchev–Trinajstić information content (AvgIpc) is 3.23. The molecule has 1 amide bonds. The number of halogens is 2. The number of nitriles is 1. The number of carbonyl (C=O) groups excluding carboxylic acids is 1. The van der Waals surface area contributed by atoms with Gasteiger partial charge in [0.1, 0.15) is 10.8 Å². The third-order valence-electron chi connectivity index (χ3n) is 5.85. The van der Waals surface area contributed by atoms with Crippen LogP contribution in [0.5, 0.6) is 0 Å². The molecule has 32 heavy (non-hydrogen) atoms. The van der Waals surface area contributed by atoms with Crippen molar-refractivity contribution in [3.05, 3.63) is 80.4 Å². The highest BCUT2D eigenvalue weighted by Crippen LogP contribution is 2.39. The van der Waals surface area contributed by atoms with Crippen molar-refractivity contribution in [2.24, 2.45) is 0 Å². The van der Waals surface area contributed by atoms with Gasteiger partial charge in [-0.3, -0.25) is 4.79 Å². The minimum Gasteiger partial charge on any atom is -0.377 e. The van der Waals surface area contributed by atoms with Gasteiger partial charge in [0, 0.05) is 28.9 Å². The molecule has 0 aliphatic heterocycles. The summed E-state index contributed by atoms with van der Waals surface area (Å²) in [5, 5.41) is 27.9. The van der Waals surface area contributed by atoms with Crippen LogP contribution in [-0.2, 0) is 5.60 Å². The number of hydrogen-bond acceptors (Lipinski definition) is 6. The van der Waals surface area contributed by atoms with Gasteiger partial charge in [0.15, 0.2) is 11.5 Å². The molecule has 0 unspecified atom stereocenters. The topological polar surface area (TPSA) is 112 Å². The first-order chi connectivity index (χ1) is 15.2. The van der Waals surface area contributed by atoms with Crippen LogP contribution in [-0.4, -0.2) is 27.2 Å². The van der Waals surface area contributed by atoms with E-state index < -0.39 is 11.5 Å². The van der Waals surface area contributed by atoms with Gasteiger partial charge in [-0.05, 0) is 68.0 Å². The van der Waals surface area contributed by atoms with Crippen molar-refractivity contribution in [1.82, 2.24) is 15.5 Å². The zero-order chi connectivity index (χ0) is 23.0. The first kappa shape index (κ1) is 22.3. The molecule has 1 saturated carbocycles. The predicted molar refractivity (Wildman–Crippen MR) is 119 cm³/mol. The van der Waals surface area contributed by atoms with E-state index in [2.05, 4.69) is 21.5 Å². The number of rotatable bonds is 5. The molecule has 2 N–H and O–H groups in total. The second kappa shape index (κ2) is 8.55. The Morgan fingerprint density at radius 1 is 1.31 bits per heavy atom. The lowest BCUT2D eigenvalue weighted by molar-refractivity contribution is 0.0686. The van der Waals surface area contributed by atoms with Crippen LogP contribution in [0.2, 0.25) is 10.2 Å². The van der Waals surface area contributed by atoms with E-state index in [1.165, 1.54) is 19.2 Å². The van der Waals surface area contributed by atoms with E-state index in [-0.39, 0.29) is 23.4 Å². The number of carbonyl (C=O) groups is 1. The molecule has 0 spiro atoms. The van der Waals surface area contributed by atoms with Gasteiger partial charge in [-0.1, -0.05) is 28.4 Å². The normalized spacial score (nSPS) is 19.5. The standard InChI is InChI=1S/C23H20Cl2N4O3/c1-12-5-15(11-27-21(12)25)23(2,31)20-9-19(29-32-20)22(30)28-17-6-14(7-17)18-8-16(24)4-3-13(18)10-26/h3-5,8-9,11,14,17,31H,6-7H2,1-2H3,(H,28,30)/t14?,17?,23-/m0/s1. The van der Waals surface area contributed by atoms with Crippen molar-refractivity contribution in [3.8, 4) is 6.07 Å². The summed E-state index contributed by atoms with van der Waals surface area (Å²) in [7, 11) is 0. The molecule has 1 atom stereocenters. The average molecular weight is 471 g/mol. The molecule has 0 saturated heterocycles. The van der Waals surface area contributed by atoms with Gasteiger partial charge < -0.3 is 14.9 Å². The van der Waals surface area contributed by atoms with Crippen molar-refractivity contribution in [1.29, 1.82) is 5.26 Å². The number of hydrogen-bond donors (Lipinski definition) is 2. The molecule has 164 valence electrons. The number of nitrogens with one attached hydrogen (secondary N) is 1. The van der Waals surface area contributed by atoms with Crippen LogP contribution in [0.4, 0.5) is 0 Å². The van der Waals surface area contributed by atoms with Gasteiger partial charge in [-0.2, -0.15) is 5.26 Å². The second-order valence-electron chi connectivity index (χ2n) is 8.16. The Kier molecular flexibility index (Phi) is 5.95. The Morgan fingerprint density at radius 3 is 2.75 bits per heavy atom. The lowest BCUT2D eigenvalue weighted by Gasteiger charge is -2.36. The summed E-state index contributed by atoms with van der Waals surface area (Å²) in [6.45, 7) is 3.32. The predicted octanol–water partition coefficient (Wildman–Crippen LogP) is 4.49. The molecule has 0 bridgehead atoms. The zero-order valence-electron chi connectivity index (χ0n) is 17.4. The Balaban J connectivity index is 1.41. The lowest BCUT2D eigenvalue weighted by Crippen LogP contribution is -2.43. The van der Waals surface area contributed by atoms with E-state index in [0.717, 1.165) is 5.56 Å². The van der Waals surface area contributed by atoms with Gasteiger partial charge >= 0.3 is 0 Å². The summed E-state index contributed by atoms with van der Waals surface area (Å²) >= 11 is 12.0. The van der Waals surface area contributed by atoms with Crippen LogP contribution in [0.25, 0.3) is 0 Å². The molecule has 7 nitrogen and oxygen atoms in total. The SMILES string of the molecule is Cc1cc([C@](C)(O)c2cc(C(=O)NC3CC(c4cc(Cl)ccc4C#N)C3)no2)cnc1Cl. The Labute approximate surface area is 195 Å². The van der Waals surface area contributed by atoms with Crippen molar-refractivity contribution in [2.75, 3.05) is 0 Å². The summed E-state index contributed by atoms with van der Waals surface area (Å²) < 4.78 is 5.27. The van der Waals surface area contributed by atoms with E-state index in [1.807, 2.05) is 6.07 Å². The highest BCUT2D eigenvalue weighted by Gasteiger charge is 2.35. The van der Waals surface area contributed by atoms with E-state index in [9.17, 15) is 15.2 Å². The molecule has 1 aromatic carbocycles. The second-order valence-corrected chi connectivity index (χ2v) is 8.96. The molecular formula is C23H20Cl2N4O3. The zero-order valence-corrected chi connectivity index (χ0v) is 18.9. The molecular weight excluding hydrogens is 451 g/mol. The van der Waals surface area contributed by atoms with Gasteiger partial charge in [-0.25, -0.2) is 4.98 Å². The summed E-state index contributed by atoms with van der Waals surface area (Å²) in [5.74, 6) is -0.116. The van der Waals surface area contributed by atoms with E-state index in [4.69, 9.17) is 27.7 Å². The molecule has 2 heterocycles. The van der Waals surface area contributed by atoms with Gasteiger partial charge in [0.25, 0.3) is 5.91 Å². The molecule has 9 heteroatoms. The molecule has 1 fully saturated rings. The number of amides is 1. The number of aliphatic hydroxyl groups is 1. The smallest absolute Gasteiger partial charge is 0.273 e. The van der Waals surface area contributed by atoms with Crippen molar-refractivity contribution in [2.45, 2.75) is 44.2 Å². The first-order valence-corrected chi connectivity index (χ1v) is 10.8. The fourth-order valence-corrected chi connectivity index (χ4v) is 4.08. The van der Waals surface area contributed by atoms with Gasteiger partial charge in [-0.15, -0.1) is 0 Å². The van der Waals surface area contributed by atoms with E-state index in [1.54, 1.807) is 25.1 Å².